The van der Waals surface area contributed by atoms with Gasteiger partial charge in [0, 0.05) is 55.2 Å². The number of likely N-dealkylation sites (N-methyl/N-ethyl adjacent to an activating group) is 2. The summed E-state index contributed by atoms with van der Waals surface area (Å²) >= 11 is 1.10. The monoisotopic (exact) mass is 916 g/mol. The Morgan fingerprint density at radius 1 is 0.984 bits per heavy atom. The summed E-state index contributed by atoms with van der Waals surface area (Å²) in [5.41, 5.74) is 0.838. The molecule has 1 saturated heterocycles. The van der Waals surface area contributed by atoms with Crippen LogP contribution in [0.5, 0.6) is 5.75 Å². The number of nitrogens with zero attached hydrogens (tertiary/aromatic N) is 3. The highest BCUT2D eigenvalue weighted by molar-refractivity contribution is 7.09. The Morgan fingerprint density at radius 3 is 2.30 bits per heavy atom. The SMILES string of the molecule is CCCC(=O)Nc1cc(C[C@@H](CC(C)C(=O)OF)NC(=O)c2csc([C@@H](CC(C(C)C)N(C)C(=O)[C@@H](NC(=O)[C@H]3CCCCN3C)[C@@H](C)CC)OC(C)=O)n2)ccc1OC(=O)CCC. The second kappa shape index (κ2) is 26.1. The third-order valence-corrected chi connectivity index (χ3v) is 12.6. The number of ether oxygens (including phenoxy) is 2. The molecule has 1 fully saturated rings. The van der Waals surface area contributed by atoms with Crippen molar-refractivity contribution < 1.29 is 52.5 Å². The molecule has 2 aromatic rings. The van der Waals surface area contributed by atoms with Gasteiger partial charge in [-0.1, -0.05) is 67.4 Å². The largest absolute Gasteiger partial charge is 0.455 e. The summed E-state index contributed by atoms with van der Waals surface area (Å²) in [5, 5.41) is 10.6. The average Bonchev–Trinajstić information content (AvgIpc) is 3.75. The standard InChI is InChI=1S/C46H69FN6O10S/c1-11-16-39(55)49-33-24-31(19-20-37(33)62-40(56)17-12-2)23-32(22-29(7)46(60)63-47)48-42(57)34-26-64-44(50-34)38(61-30(8)54)25-36(27(4)5)53(10)45(59)41(28(6)13-3)51-43(58)35-18-14-15-21-52(35)9/h19-20,24,26-29,32,35-36,38,41H,11-18,21-23,25H2,1-10H3,(H,48,57)(H,49,55)(H,51,58)/t28-,29?,32+,35+,36?,38+,41-/m0/s1. The number of likely N-dealkylation sites (tertiary alicyclic amines) is 1. The molecule has 1 aromatic carbocycles. The van der Waals surface area contributed by atoms with Crippen LogP contribution < -0.4 is 20.7 Å². The van der Waals surface area contributed by atoms with Crippen molar-refractivity contribution in [2.24, 2.45) is 17.8 Å². The lowest BCUT2D eigenvalue weighted by atomic mass is 9.92. The normalized spacial score (nSPS) is 16.9. The van der Waals surface area contributed by atoms with Gasteiger partial charge in [0.1, 0.15) is 16.7 Å². The predicted molar refractivity (Wildman–Crippen MR) is 241 cm³/mol. The number of hydrogen-bond acceptors (Lipinski definition) is 13. The van der Waals surface area contributed by atoms with Crippen LogP contribution >= 0.6 is 11.3 Å². The number of hydrogen-bond donors (Lipinski definition) is 3. The van der Waals surface area contributed by atoms with Crippen molar-refractivity contribution in [2.45, 2.75) is 156 Å². The molecule has 1 aliphatic heterocycles. The van der Waals surface area contributed by atoms with Gasteiger partial charge in [0.25, 0.3) is 5.91 Å². The zero-order valence-corrected chi connectivity index (χ0v) is 39.9. The van der Waals surface area contributed by atoms with Crippen LogP contribution in [-0.4, -0.2) is 101 Å². The molecule has 3 rings (SSSR count). The summed E-state index contributed by atoms with van der Waals surface area (Å²) in [5.74, 6) is -4.64. The molecule has 4 amide bonds. The van der Waals surface area contributed by atoms with Crippen LogP contribution in [0.15, 0.2) is 23.6 Å². The minimum atomic E-state index is -1.12. The van der Waals surface area contributed by atoms with Crippen LogP contribution in [0.4, 0.5) is 10.2 Å². The Bertz CT molecular complexity index is 1910. The van der Waals surface area contributed by atoms with E-state index in [1.165, 1.54) is 25.3 Å². The average molecular weight is 917 g/mol. The summed E-state index contributed by atoms with van der Waals surface area (Å²) in [6.45, 7) is 15.0. The number of thiazole rings is 1. The highest BCUT2D eigenvalue weighted by Crippen LogP contribution is 2.32. The fraction of sp³-hybridized carbons (Fsp3) is 0.652. The first-order valence-electron chi connectivity index (χ1n) is 22.5. The number of anilines is 1. The third-order valence-electron chi connectivity index (χ3n) is 11.7. The van der Waals surface area contributed by atoms with E-state index in [-0.39, 0.29) is 84.8 Å². The number of amides is 4. The van der Waals surface area contributed by atoms with Crippen molar-refractivity contribution in [1.82, 2.24) is 25.4 Å². The molecule has 0 radical (unpaired) electrons. The molecule has 2 unspecified atom stereocenters. The number of halogens is 1. The zero-order valence-electron chi connectivity index (χ0n) is 39.1. The maximum absolute atomic E-state index is 14.3. The van der Waals surface area contributed by atoms with E-state index in [1.807, 2.05) is 53.5 Å². The molecule has 18 heteroatoms. The van der Waals surface area contributed by atoms with Crippen LogP contribution in [0.25, 0.3) is 0 Å². The van der Waals surface area contributed by atoms with Gasteiger partial charge in [-0.3, -0.25) is 38.6 Å². The summed E-state index contributed by atoms with van der Waals surface area (Å²) in [7, 11) is 3.60. The summed E-state index contributed by atoms with van der Waals surface area (Å²) in [4.78, 5) is 103. The second-order valence-corrected chi connectivity index (χ2v) is 18.2. The Balaban J connectivity index is 1.89. The smallest absolute Gasteiger partial charge is 0.351 e. The van der Waals surface area contributed by atoms with Crippen molar-refractivity contribution in [3.63, 3.8) is 0 Å². The van der Waals surface area contributed by atoms with Crippen LogP contribution in [0.2, 0.25) is 0 Å². The van der Waals surface area contributed by atoms with Gasteiger partial charge < -0.3 is 30.3 Å². The number of nitrogens with one attached hydrogen (secondary N) is 3. The molecular formula is C46H69FN6O10S. The molecule has 0 spiro atoms. The van der Waals surface area contributed by atoms with Crippen LogP contribution in [0, 0.1) is 17.8 Å². The maximum atomic E-state index is 14.3. The molecule has 0 aliphatic carbocycles. The van der Waals surface area contributed by atoms with E-state index >= 15 is 0 Å². The van der Waals surface area contributed by atoms with Gasteiger partial charge >= 0.3 is 17.9 Å². The van der Waals surface area contributed by atoms with E-state index in [0.29, 0.717) is 36.3 Å². The Morgan fingerprint density at radius 2 is 1.69 bits per heavy atom. The van der Waals surface area contributed by atoms with Gasteiger partial charge in [-0.15, -0.1) is 11.3 Å². The quantitative estimate of drug-likeness (QED) is 0.0730. The number of rotatable bonds is 24. The van der Waals surface area contributed by atoms with Crippen LogP contribution in [-0.2, 0) is 44.9 Å². The van der Waals surface area contributed by atoms with E-state index in [1.54, 1.807) is 24.1 Å². The third kappa shape index (κ3) is 15.9. The topological polar surface area (TPSA) is 203 Å². The molecule has 0 saturated carbocycles. The van der Waals surface area contributed by atoms with Crippen molar-refractivity contribution in [3.8, 4) is 5.75 Å². The zero-order chi connectivity index (χ0) is 47.7. The van der Waals surface area contributed by atoms with E-state index < -0.39 is 54.0 Å². The van der Waals surface area contributed by atoms with Gasteiger partial charge in [0.15, 0.2) is 11.9 Å². The molecule has 64 heavy (non-hydrogen) atoms. The molecule has 3 N–H and O–H groups in total. The number of benzene rings is 1. The van der Waals surface area contributed by atoms with E-state index in [9.17, 15) is 38.1 Å². The first-order chi connectivity index (χ1) is 30.3. The molecule has 1 aromatic heterocycles. The van der Waals surface area contributed by atoms with Gasteiger partial charge in [0.05, 0.1) is 17.6 Å². The molecule has 7 atom stereocenters. The minimum absolute atomic E-state index is 0.00803. The minimum Gasteiger partial charge on any atom is -0.455 e. The predicted octanol–water partition coefficient (Wildman–Crippen LogP) is 6.87. The van der Waals surface area contributed by atoms with Crippen molar-refractivity contribution >= 4 is 58.6 Å². The summed E-state index contributed by atoms with van der Waals surface area (Å²) in [6.07, 6.45) is 4.13. The first kappa shape index (κ1) is 53.4. The van der Waals surface area contributed by atoms with E-state index in [4.69, 9.17) is 9.47 Å². The summed E-state index contributed by atoms with van der Waals surface area (Å²) in [6, 6.07) is 2.46. The number of esters is 2. The lowest BCUT2D eigenvalue weighted by Crippen LogP contribution is -2.58. The van der Waals surface area contributed by atoms with Gasteiger partial charge in [-0.25, -0.2) is 9.78 Å². The molecule has 0 bridgehead atoms. The fourth-order valence-electron chi connectivity index (χ4n) is 7.80. The highest BCUT2D eigenvalue weighted by atomic mass is 32.1. The lowest BCUT2D eigenvalue weighted by molar-refractivity contribution is -0.188. The number of piperidine rings is 1. The molecule has 356 valence electrons. The first-order valence-corrected chi connectivity index (χ1v) is 23.4. The number of carbonyl (C=O) groups is 7. The fourth-order valence-corrected chi connectivity index (χ4v) is 8.64. The van der Waals surface area contributed by atoms with Crippen LogP contribution in [0.3, 0.4) is 0 Å². The van der Waals surface area contributed by atoms with Gasteiger partial charge in [-0.2, -0.15) is 0 Å². The van der Waals surface area contributed by atoms with Crippen molar-refractivity contribution in [1.29, 1.82) is 0 Å². The Hall–Kier alpha value is -4.97. The lowest BCUT2D eigenvalue weighted by Gasteiger charge is -2.38. The molecule has 1 aliphatic rings. The molecule has 16 nitrogen and oxygen atoms in total. The molecular weight excluding hydrogens is 848 g/mol. The van der Waals surface area contributed by atoms with E-state index in [2.05, 4.69) is 25.9 Å². The Kier molecular flexibility index (Phi) is 21.8. The van der Waals surface area contributed by atoms with Gasteiger partial charge in [0.2, 0.25) is 17.7 Å². The number of aromatic nitrogens is 1. The van der Waals surface area contributed by atoms with Gasteiger partial charge in [-0.05, 0) is 81.6 Å². The number of carbonyl (C=O) groups excluding carboxylic acids is 7. The maximum Gasteiger partial charge on any atom is 0.351 e. The summed E-state index contributed by atoms with van der Waals surface area (Å²) < 4.78 is 24.3. The van der Waals surface area contributed by atoms with Crippen LogP contribution in [0.1, 0.15) is 147 Å². The highest BCUT2D eigenvalue weighted by Gasteiger charge is 2.37. The van der Waals surface area contributed by atoms with Crippen molar-refractivity contribution in [3.05, 3.63) is 39.8 Å². The van der Waals surface area contributed by atoms with E-state index in [0.717, 1.165) is 30.7 Å². The van der Waals surface area contributed by atoms with Crippen molar-refractivity contribution in [2.75, 3.05) is 26.0 Å². The second-order valence-electron chi connectivity index (χ2n) is 17.3. The molecule has 2 heterocycles. The Labute approximate surface area is 381 Å².